The van der Waals surface area contributed by atoms with Crippen LogP contribution in [0.1, 0.15) is 139 Å². The minimum Gasteiger partial charge on any atom is -0.392 e. The zero-order valence-corrected chi connectivity index (χ0v) is 31.0. The van der Waals surface area contributed by atoms with Gasteiger partial charge in [-0.1, -0.05) is 120 Å². The van der Waals surface area contributed by atoms with Gasteiger partial charge in [0.1, 0.15) is 0 Å². The van der Waals surface area contributed by atoms with Crippen molar-refractivity contribution in [3.05, 3.63) is 89.5 Å². The van der Waals surface area contributed by atoms with Crippen LogP contribution in [0.3, 0.4) is 0 Å². The largest absolute Gasteiger partial charge is 0.392 e. The molecule has 1 fully saturated rings. The van der Waals surface area contributed by atoms with Crippen LogP contribution in [0.5, 0.6) is 0 Å². The fourth-order valence-electron chi connectivity index (χ4n) is 6.34. The summed E-state index contributed by atoms with van der Waals surface area (Å²) in [6.07, 6.45) is 17.0. The first-order chi connectivity index (χ1) is 24.4. The lowest BCUT2D eigenvalue weighted by Gasteiger charge is -2.36. The number of aliphatic hydroxyl groups is 1. The summed E-state index contributed by atoms with van der Waals surface area (Å²) in [4.78, 5) is 25.3. The fourth-order valence-corrected chi connectivity index (χ4v) is 7.26. The number of hydrogen-bond acceptors (Lipinski definition) is 6. The van der Waals surface area contributed by atoms with Gasteiger partial charge in [0.05, 0.1) is 18.8 Å². The van der Waals surface area contributed by atoms with Crippen LogP contribution in [-0.2, 0) is 25.7 Å². The van der Waals surface area contributed by atoms with E-state index in [0.29, 0.717) is 12.8 Å². The molecule has 0 saturated carbocycles. The van der Waals surface area contributed by atoms with E-state index >= 15 is 0 Å². The Hall–Kier alpha value is -3.17. The first kappa shape index (κ1) is 39.6. The molecule has 0 aliphatic carbocycles. The van der Waals surface area contributed by atoms with E-state index in [2.05, 4.69) is 17.6 Å². The van der Waals surface area contributed by atoms with Gasteiger partial charge >= 0.3 is 0 Å². The minimum absolute atomic E-state index is 0.00456. The van der Waals surface area contributed by atoms with Crippen LogP contribution in [0, 0.1) is 0 Å². The van der Waals surface area contributed by atoms with Crippen LogP contribution in [0.25, 0.3) is 0 Å². The third-order valence-electron chi connectivity index (χ3n) is 9.18. The molecule has 0 aromatic heterocycles. The highest BCUT2D eigenvalue weighted by molar-refractivity contribution is 7.99. The lowest BCUT2D eigenvalue weighted by molar-refractivity contribution is -0.245. The molecule has 3 aromatic rings. The molecule has 8 heteroatoms. The summed E-state index contributed by atoms with van der Waals surface area (Å²) in [5.41, 5.74) is 4.26. The number of hydrogen-bond donors (Lipinski definition) is 3. The normalized spacial score (nSPS) is 17.4. The maximum absolute atomic E-state index is 12.8. The van der Waals surface area contributed by atoms with Gasteiger partial charge in [0, 0.05) is 47.4 Å². The number of ether oxygens (including phenoxy) is 2. The summed E-state index contributed by atoms with van der Waals surface area (Å²) in [7, 11) is 0. The Labute approximate surface area is 304 Å². The average molecular weight is 703 g/mol. The van der Waals surface area contributed by atoms with Crippen molar-refractivity contribution in [3.8, 4) is 0 Å². The molecule has 1 unspecified atom stereocenters. The second-order valence-corrected chi connectivity index (χ2v) is 14.6. The third-order valence-corrected chi connectivity index (χ3v) is 10.3. The van der Waals surface area contributed by atoms with E-state index in [1.807, 2.05) is 72.8 Å². The van der Waals surface area contributed by atoms with Gasteiger partial charge in [0.15, 0.2) is 6.29 Å². The van der Waals surface area contributed by atoms with Crippen molar-refractivity contribution in [1.82, 2.24) is 0 Å². The molecule has 1 aliphatic rings. The maximum atomic E-state index is 12.8. The van der Waals surface area contributed by atoms with Crippen LogP contribution >= 0.6 is 11.8 Å². The Kier molecular flexibility index (Phi) is 17.9. The molecule has 4 rings (SSSR count). The molecule has 3 atom stereocenters. The number of thioether (sulfide) groups is 1. The lowest BCUT2D eigenvalue weighted by atomic mass is 10.0. The fraction of sp³-hybridized carbons (Fsp3) is 0.524. The van der Waals surface area contributed by atoms with Crippen molar-refractivity contribution in [2.75, 3.05) is 16.4 Å². The standard InChI is InChI=1S/C42H58N2O5S/c1-3-4-5-6-7-8-9-10-11-12-13-14-15-19-41(47)44-37-18-16-17-35(28-37)42-48-38(29-40(49-42)34-22-20-33(30-45)21-23-34)31-50-39-26-24-36(25-27-39)43-32(2)46/h16-18,20-28,38,40,42,45H,3-15,19,29-31H2,1-2H3,(H,43,46)(H,44,47)/t38-,40+,42?/m0/s1. The van der Waals surface area contributed by atoms with Crippen molar-refractivity contribution < 1.29 is 24.2 Å². The zero-order chi connectivity index (χ0) is 35.4. The molecule has 0 bridgehead atoms. The van der Waals surface area contributed by atoms with E-state index in [1.165, 1.54) is 77.6 Å². The summed E-state index contributed by atoms with van der Waals surface area (Å²) < 4.78 is 13.1. The molecule has 1 saturated heterocycles. The van der Waals surface area contributed by atoms with Crippen molar-refractivity contribution in [2.45, 2.75) is 140 Å². The molecule has 3 aromatic carbocycles. The monoisotopic (exact) mass is 702 g/mol. The number of carbonyl (C=O) groups excluding carboxylic acids is 2. The number of aliphatic hydroxyl groups excluding tert-OH is 1. The first-order valence-corrected chi connectivity index (χ1v) is 19.8. The number of benzene rings is 3. The molecule has 0 spiro atoms. The SMILES string of the molecule is CCCCCCCCCCCCCCCC(=O)Nc1cccc(C2O[C@H](CSc3ccc(NC(C)=O)cc3)C[C@H](c3ccc(CO)cc3)O2)c1. The zero-order valence-electron chi connectivity index (χ0n) is 30.2. The van der Waals surface area contributed by atoms with Gasteiger partial charge in [-0.3, -0.25) is 9.59 Å². The van der Waals surface area contributed by atoms with Crippen LogP contribution in [0.4, 0.5) is 11.4 Å². The van der Waals surface area contributed by atoms with Gasteiger partial charge in [0.25, 0.3) is 0 Å². The quantitative estimate of drug-likeness (QED) is 0.0712. The molecule has 272 valence electrons. The van der Waals surface area contributed by atoms with E-state index in [1.54, 1.807) is 11.8 Å². The first-order valence-electron chi connectivity index (χ1n) is 18.8. The van der Waals surface area contributed by atoms with E-state index in [0.717, 1.165) is 51.6 Å². The van der Waals surface area contributed by atoms with Crippen LogP contribution in [0.15, 0.2) is 77.7 Å². The molecule has 0 radical (unpaired) electrons. The Bertz CT molecular complexity index is 1410. The van der Waals surface area contributed by atoms with Gasteiger partial charge in [-0.15, -0.1) is 11.8 Å². The van der Waals surface area contributed by atoms with Gasteiger partial charge in [-0.2, -0.15) is 0 Å². The summed E-state index contributed by atoms with van der Waals surface area (Å²) in [6, 6.07) is 23.5. The summed E-state index contributed by atoms with van der Waals surface area (Å²) in [5.74, 6) is 0.667. The Morgan fingerprint density at radius 3 is 2.00 bits per heavy atom. The molecule has 3 N–H and O–H groups in total. The molecular weight excluding hydrogens is 645 g/mol. The van der Waals surface area contributed by atoms with Crippen molar-refractivity contribution in [3.63, 3.8) is 0 Å². The van der Waals surface area contributed by atoms with Crippen LogP contribution in [-0.4, -0.2) is 28.8 Å². The predicted molar refractivity (Wildman–Crippen MR) is 205 cm³/mol. The van der Waals surface area contributed by atoms with Gasteiger partial charge < -0.3 is 25.2 Å². The Morgan fingerprint density at radius 1 is 0.740 bits per heavy atom. The number of nitrogens with one attached hydrogen (secondary N) is 2. The van der Waals surface area contributed by atoms with E-state index in [9.17, 15) is 14.7 Å². The second-order valence-electron chi connectivity index (χ2n) is 13.5. The number of anilines is 2. The Morgan fingerprint density at radius 2 is 1.38 bits per heavy atom. The van der Waals surface area contributed by atoms with Crippen LogP contribution in [0.2, 0.25) is 0 Å². The summed E-state index contributed by atoms with van der Waals surface area (Å²) >= 11 is 1.70. The highest BCUT2D eigenvalue weighted by Crippen LogP contribution is 2.40. The average Bonchev–Trinajstić information content (AvgIpc) is 3.13. The highest BCUT2D eigenvalue weighted by atomic mass is 32.2. The molecule has 1 aliphatic heterocycles. The Balaban J connectivity index is 1.25. The molecule has 2 amide bonds. The third kappa shape index (κ3) is 14.6. The van der Waals surface area contributed by atoms with Crippen LogP contribution < -0.4 is 10.6 Å². The van der Waals surface area contributed by atoms with E-state index < -0.39 is 6.29 Å². The number of amides is 2. The lowest BCUT2D eigenvalue weighted by Crippen LogP contribution is -2.31. The van der Waals surface area contributed by atoms with Crippen molar-refractivity contribution in [1.29, 1.82) is 0 Å². The molecule has 50 heavy (non-hydrogen) atoms. The highest BCUT2D eigenvalue weighted by Gasteiger charge is 2.32. The predicted octanol–water partition coefficient (Wildman–Crippen LogP) is 10.9. The molecule has 7 nitrogen and oxygen atoms in total. The molecule has 1 heterocycles. The summed E-state index contributed by atoms with van der Waals surface area (Å²) in [6.45, 7) is 3.76. The van der Waals surface area contributed by atoms with Crippen molar-refractivity contribution in [2.24, 2.45) is 0 Å². The second kappa shape index (κ2) is 22.6. The van der Waals surface area contributed by atoms with E-state index in [-0.39, 0.29) is 30.6 Å². The number of carbonyl (C=O) groups is 2. The van der Waals surface area contributed by atoms with Gasteiger partial charge in [-0.25, -0.2) is 0 Å². The van der Waals surface area contributed by atoms with Gasteiger partial charge in [0.2, 0.25) is 11.8 Å². The van der Waals surface area contributed by atoms with Crippen molar-refractivity contribution >= 4 is 35.0 Å². The van der Waals surface area contributed by atoms with E-state index in [4.69, 9.17) is 9.47 Å². The smallest absolute Gasteiger partial charge is 0.224 e. The molecular formula is C42H58N2O5S. The summed E-state index contributed by atoms with van der Waals surface area (Å²) in [5, 5.41) is 15.4. The van der Waals surface area contributed by atoms with Gasteiger partial charge in [-0.05, 0) is 53.9 Å². The number of unbranched alkanes of at least 4 members (excludes halogenated alkanes) is 12. The topological polar surface area (TPSA) is 96.9 Å². The minimum atomic E-state index is -0.600. The maximum Gasteiger partial charge on any atom is 0.224 e. The number of rotatable bonds is 22.